The predicted octanol–water partition coefficient (Wildman–Crippen LogP) is 3.68. The minimum atomic E-state index is -1.32. The molecule has 478 valence electrons. The number of hydroxylamine groups is 1. The molecular formula is C60H92B2N10O13S2. The second-order valence-corrected chi connectivity index (χ2v) is 23.1. The van der Waals surface area contributed by atoms with Crippen LogP contribution < -0.4 is 32.5 Å². The molecule has 2 fully saturated rings. The van der Waals surface area contributed by atoms with E-state index in [-0.39, 0.29) is 31.4 Å². The summed E-state index contributed by atoms with van der Waals surface area (Å²) in [5, 5.41) is 50.9. The number of carboxylic acids is 2. The number of nitrogens with one attached hydrogen (secondary N) is 6. The number of nitrogens with zero attached hydrogens (tertiary/aromatic N) is 3. The van der Waals surface area contributed by atoms with E-state index in [1.54, 1.807) is 20.8 Å². The molecule has 2 heterocycles. The molecule has 0 bridgehead atoms. The molecule has 0 radical (unpaired) electrons. The topological polar surface area (TPSA) is 339 Å². The van der Waals surface area contributed by atoms with Crippen molar-refractivity contribution in [3.8, 4) is 11.1 Å². The fourth-order valence-electron chi connectivity index (χ4n) is 10.2. The van der Waals surface area contributed by atoms with Crippen molar-refractivity contribution in [1.82, 2.24) is 41.4 Å². The Morgan fingerprint density at radius 3 is 2.21 bits per heavy atom. The normalized spacial score (nSPS) is 17.9. The van der Waals surface area contributed by atoms with Gasteiger partial charge in [0, 0.05) is 37.9 Å². The summed E-state index contributed by atoms with van der Waals surface area (Å²) in [6, 6.07) is 19.5. The van der Waals surface area contributed by atoms with Crippen LogP contribution in [0.3, 0.4) is 0 Å². The van der Waals surface area contributed by atoms with Crippen LogP contribution in [0.1, 0.15) is 115 Å². The van der Waals surface area contributed by atoms with Gasteiger partial charge < -0.3 is 56.6 Å². The maximum atomic E-state index is 13.1. The minimum absolute atomic E-state index is 0.0987. The van der Waals surface area contributed by atoms with E-state index < -0.39 is 103 Å². The molecule has 12 N–H and O–H groups in total. The SMILES string of the molecule is CN(CCN1CCCCC1)CC(=O)O.[2H]B([3H])SONC(=O)C(C)C(CC(C)C)C(=O)NC(Cc1cccc2c1CCCC2)C(=O)O.[2H]B=S.[3H]OC1C(NC(=O)C(C)NC(=O)C(N)CO)CCCN1C(=N)NC(=O)OC(C)(C)c1ccc(-c2ccccc2)cc1. The summed E-state index contributed by atoms with van der Waals surface area (Å²) in [6.07, 6.45) is 7.62. The molecular weight excluding hydrogens is 1150 g/mol. The zero-order chi connectivity index (χ0) is 67.8. The smallest absolute Gasteiger partial charge is 0.414 e. The van der Waals surface area contributed by atoms with Crippen LogP contribution in [0.4, 0.5) is 4.79 Å². The van der Waals surface area contributed by atoms with Crippen molar-refractivity contribution < 1.29 is 63.0 Å². The van der Waals surface area contributed by atoms with Crippen LogP contribution in [-0.4, -0.2) is 185 Å². The predicted molar refractivity (Wildman–Crippen MR) is 343 cm³/mol. The number of carbonyl (C=O) groups is 7. The number of benzene rings is 3. The first-order chi connectivity index (χ1) is 43.2. The maximum absolute atomic E-state index is 13.1. The van der Waals surface area contributed by atoms with Crippen LogP contribution in [0, 0.1) is 23.2 Å². The van der Waals surface area contributed by atoms with Gasteiger partial charge in [-0.1, -0.05) is 100.0 Å². The van der Waals surface area contributed by atoms with Gasteiger partial charge in [0.05, 0.1) is 19.2 Å². The summed E-state index contributed by atoms with van der Waals surface area (Å²) >= 11 is 4.40. The zero-order valence-corrected chi connectivity index (χ0v) is 52.7. The number of carboxylic acid groups (broad SMARTS) is 2. The molecule has 2 saturated heterocycles. The number of carbonyl (C=O) groups excluding carboxylic acids is 5. The van der Waals surface area contributed by atoms with Crippen molar-refractivity contribution in [2.24, 2.45) is 23.5 Å². The Morgan fingerprint density at radius 2 is 1.59 bits per heavy atom. The zero-order valence-electron chi connectivity index (χ0n) is 55.1. The van der Waals surface area contributed by atoms with Crippen molar-refractivity contribution >= 4 is 85.3 Å². The number of ether oxygens (including phenoxy) is 1. The average molecular weight is 1250 g/mol. The third kappa shape index (κ3) is 25.7. The van der Waals surface area contributed by atoms with E-state index in [2.05, 4.69) is 49.8 Å². The molecule has 0 saturated carbocycles. The van der Waals surface area contributed by atoms with Crippen LogP contribution in [0.25, 0.3) is 11.1 Å². The first-order valence-electron chi connectivity index (χ1n) is 31.4. The van der Waals surface area contributed by atoms with E-state index in [4.69, 9.17) is 40.9 Å². The van der Waals surface area contributed by atoms with Crippen molar-refractivity contribution in [1.29, 1.82) is 10.8 Å². The van der Waals surface area contributed by atoms with Gasteiger partial charge in [0.2, 0.25) is 38.1 Å². The molecule has 2 aliphatic heterocycles. The number of aliphatic hydroxyl groups excluding tert-OH is 2. The maximum Gasteiger partial charge on any atom is 0.414 e. The molecule has 3 aromatic carbocycles. The van der Waals surface area contributed by atoms with E-state index in [0.717, 1.165) is 67.7 Å². The van der Waals surface area contributed by atoms with Crippen LogP contribution >= 0.6 is 23.9 Å². The number of aliphatic carboxylic acids is 2. The molecule has 1 aliphatic carbocycles. The number of aliphatic hydroxyl groups is 2. The molecule has 0 spiro atoms. The number of alkyl carbamates (subject to hydrolysis) is 1. The number of likely N-dealkylation sites (N-methyl/N-ethyl adjacent to an activating group) is 1. The second-order valence-electron chi connectivity index (χ2n) is 22.7. The summed E-state index contributed by atoms with van der Waals surface area (Å²) < 4.78 is 38.0. The number of fused-ring (bicyclic) bond motifs is 1. The number of amides is 5. The number of guanidine groups is 1. The van der Waals surface area contributed by atoms with E-state index in [9.17, 15) is 38.7 Å². The monoisotopic (exact) mass is 1250 g/mol. The Morgan fingerprint density at radius 1 is 0.920 bits per heavy atom. The van der Waals surface area contributed by atoms with E-state index in [1.807, 2.05) is 92.5 Å². The Bertz CT molecular complexity index is 2810. The van der Waals surface area contributed by atoms with Gasteiger partial charge in [0.25, 0.3) is 0 Å². The Labute approximate surface area is 529 Å². The number of hydrogen-bond acceptors (Lipinski definition) is 17. The Balaban J connectivity index is 0.000000384. The fourth-order valence-corrected chi connectivity index (χ4v) is 10.4. The number of nitrogens with two attached hydrogens (primary N) is 1. The molecule has 3 aliphatic rings. The van der Waals surface area contributed by atoms with Gasteiger partial charge in [-0.2, -0.15) is 0 Å². The van der Waals surface area contributed by atoms with Crippen molar-refractivity contribution in [2.75, 3.05) is 52.9 Å². The van der Waals surface area contributed by atoms with Crippen molar-refractivity contribution in [3.63, 3.8) is 0 Å². The molecule has 0 aromatic heterocycles. The van der Waals surface area contributed by atoms with E-state index >= 15 is 0 Å². The van der Waals surface area contributed by atoms with Gasteiger partial charge in [-0.15, -0.1) is 0 Å². The number of likely N-dealkylation sites (tertiary alicyclic amines) is 2. The van der Waals surface area contributed by atoms with Crippen LogP contribution in [0.15, 0.2) is 72.8 Å². The summed E-state index contributed by atoms with van der Waals surface area (Å²) in [4.78, 5) is 90.9. The molecule has 3 aromatic rings. The van der Waals surface area contributed by atoms with Gasteiger partial charge in [-0.3, -0.25) is 39.6 Å². The standard InChI is InChI=1S/C28H38N6O6.C22H33BN2O5S.C10H20N2O2.BHS/c1-17(31-24(37)21(29)16-35)23(36)32-22-10-7-15-34(25(22)38)26(30)33-27(39)40-28(2,3)20-13-11-19(12-14-20)18-8-5-4-6-9-18;1-13(2)11-18(14(3)20(26)25-30-31-23)21(27)24-19(22(28)29)12-16-9-6-8-15-7-4-5-10-17(15)16;1-11(9-10(13)14)7-8-12-5-3-2-4-6-12;1-2/h4-6,8-9,11-14,17,21-22,25,35,38H,7,10,15-16,29H2,1-3H3,(H,31,37)(H,32,36)(H2,30,33,39);6,8-9,13-14,18-19H,4-5,7,10-12,23H2,1-3H3,(H,24,27)(H,25,26)(H,28,29);2-9H2,1H3,(H,13,14);1H/i38T;23TD;;1D. The minimum Gasteiger partial charge on any atom is -0.438 e. The van der Waals surface area contributed by atoms with Gasteiger partial charge >= 0.3 is 38.1 Å². The first kappa shape index (κ1) is 68.2. The van der Waals surface area contributed by atoms with Crippen LogP contribution in [-0.2, 0) is 62.7 Å². The number of hydrogen-bond donors (Lipinski definition) is 11. The Hall–Kier alpha value is -6.32. The summed E-state index contributed by atoms with van der Waals surface area (Å²) in [5.41, 5.74) is 12.8. The molecule has 6 rings (SSSR count). The number of aryl methyl sites for hydroxylation is 1. The van der Waals surface area contributed by atoms with Gasteiger partial charge in [0.15, 0.2) is 0 Å². The van der Waals surface area contributed by atoms with E-state index in [1.165, 1.54) is 55.3 Å². The fraction of sp³-hybridized carbons (Fsp3) is 0.567. The molecule has 87 heavy (non-hydrogen) atoms. The molecule has 27 heteroatoms. The second kappa shape index (κ2) is 38.8. The van der Waals surface area contributed by atoms with Crippen LogP contribution in [0.2, 0.25) is 0 Å². The molecule has 7 unspecified atom stereocenters. The van der Waals surface area contributed by atoms with Crippen LogP contribution in [0.5, 0.6) is 0 Å². The largest absolute Gasteiger partial charge is 0.438 e. The summed E-state index contributed by atoms with van der Waals surface area (Å²) in [7, 11) is 0.536. The Kier molecular flexibility index (Phi) is 30.4. The van der Waals surface area contributed by atoms with Gasteiger partial charge in [-0.25, -0.2) is 19.4 Å². The first-order valence-corrected chi connectivity index (χ1v) is 30.6. The van der Waals surface area contributed by atoms with E-state index in [0.29, 0.717) is 31.2 Å². The molecule has 7 atom stereocenters. The number of piperidine rings is 2. The third-order valence-corrected chi connectivity index (χ3v) is 15.4. The van der Waals surface area contributed by atoms with Crippen molar-refractivity contribution in [3.05, 3.63) is 95.1 Å². The quantitative estimate of drug-likeness (QED) is 0.0179. The number of rotatable bonds is 26. The van der Waals surface area contributed by atoms with Gasteiger partial charge in [-0.05, 0) is 153 Å². The molecule has 23 nitrogen and oxygen atoms in total. The summed E-state index contributed by atoms with van der Waals surface area (Å²) in [5.74, 6) is -5.96. The van der Waals surface area contributed by atoms with Crippen molar-refractivity contribution in [2.45, 2.75) is 148 Å². The summed E-state index contributed by atoms with van der Waals surface area (Å²) in [6.45, 7) is 15.3. The average Bonchev–Trinajstić information content (AvgIpc) is 0.956. The van der Waals surface area contributed by atoms with Gasteiger partial charge in [0.1, 0.15) is 30.0 Å². The molecule has 5 amide bonds. The third-order valence-electron chi connectivity index (χ3n) is 15.2.